The number of rotatable bonds is 7. The normalized spacial score (nSPS) is 19.5. The van der Waals surface area contributed by atoms with Crippen molar-refractivity contribution in [1.29, 1.82) is 0 Å². The van der Waals surface area contributed by atoms with Gasteiger partial charge >= 0.3 is 0 Å². The minimum absolute atomic E-state index is 0.157. The Bertz CT molecular complexity index is 461. The molecule has 0 aliphatic carbocycles. The van der Waals surface area contributed by atoms with E-state index in [0.717, 1.165) is 31.4 Å². The fourth-order valence-electron chi connectivity index (χ4n) is 2.61. The van der Waals surface area contributed by atoms with Gasteiger partial charge in [-0.15, -0.1) is 0 Å². The number of ether oxygens (including phenoxy) is 3. The van der Waals surface area contributed by atoms with Crippen molar-refractivity contribution in [3.63, 3.8) is 0 Å². The zero-order valence-corrected chi connectivity index (χ0v) is 13.5. The SMILES string of the molecule is CCOc1cc(Cl)c(C(N)CC2CCCO2)cc1OCC. The Morgan fingerprint density at radius 1 is 1.29 bits per heavy atom. The third-order valence-electron chi connectivity index (χ3n) is 3.60. The Balaban J connectivity index is 2.18. The van der Waals surface area contributed by atoms with E-state index in [4.69, 9.17) is 31.5 Å². The maximum Gasteiger partial charge on any atom is 0.162 e. The Kier molecular flexibility index (Phi) is 6.15. The molecule has 21 heavy (non-hydrogen) atoms. The van der Waals surface area contributed by atoms with Crippen molar-refractivity contribution in [3.8, 4) is 11.5 Å². The fraction of sp³-hybridized carbons (Fsp3) is 0.625. The molecule has 1 fully saturated rings. The molecule has 1 saturated heterocycles. The second-order valence-corrected chi connectivity index (χ2v) is 5.57. The second kappa shape index (κ2) is 7.87. The van der Waals surface area contributed by atoms with E-state index in [2.05, 4.69) is 0 Å². The molecule has 5 heteroatoms. The van der Waals surface area contributed by atoms with Crippen LogP contribution in [0.15, 0.2) is 12.1 Å². The lowest BCUT2D eigenvalue weighted by Crippen LogP contribution is -2.19. The highest BCUT2D eigenvalue weighted by Gasteiger charge is 2.22. The Morgan fingerprint density at radius 2 is 1.95 bits per heavy atom. The maximum atomic E-state index is 6.36. The number of halogens is 1. The molecule has 0 bridgehead atoms. The van der Waals surface area contributed by atoms with Crippen LogP contribution in [0, 0.1) is 0 Å². The van der Waals surface area contributed by atoms with Crippen LogP contribution in [-0.2, 0) is 4.74 Å². The van der Waals surface area contributed by atoms with Gasteiger partial charge in [0, 0.05) is 23.7 Å². The van der Waals surface area contributed by atoms with E-state index in [-0.39, 0.29) is 12.1 Å². The predicted molar refractivity (Wildman–Crippen MR) is 84.3 cm³/mol. The van der Waals surface area contributed by atoms with Gasteiger partial charge in [-0.05, 0) is 44.7 Å². The summed E-state index contributed by atoms with van der Waals surface area (Å²) in [7, 11) is 0. The first-order valence-electron chi connectivity index (χ1n) is 7.61. The van der Waals surface area contributed by atoms with Gasteiger partial charge in [0.25, 0.3) is 0 Å². The quantitative estimate of drug-likeness (QED) is 0.834. The molecule has 4 nitrogen and oxygen atoms in total. The van der Waals surface area contributed by atoms with Crippen LogP contribution in [0.3, 0.4) is 0 Å². The van der Waals surface area contributed by atoms with E-state index in [9.17, 15) is 0 Å². The van der Waals surface area contributed by atoms with Crippen molar-refractivity contribution in [2.45, 2.75) is 45.3 Å². The Morgan fingerprint density at radius 3 is 2.52 bits per heavy atom. The minimum Gasteiger partial charge on any atom is -0.490 e. The van der Waals surface area contributed by atoms with Crippen LogP contribution >= 0.6 is 11.6 Å². The van der Waals surface area contributed by atoms with Gasteiger partial charge in [-0.1, -0.05) is 11.6 Å². The first-order valence-corrected chi connectivity index (χ1v) is 7.99. The summed E-state index contributed by atoms with van der Waals surface area (Å²) in [5.74, 6) is 1.36. The number of nitrogens with two attached hydrogens (primary N) is 1. The topological polar surface area (TPSA) is 53.7 Å². The predicted octanol–water partition coefficient (Wildman–Crippen LogP) is 3.71. The number of hydrogen-bond donors (Lipinski definition) is 1. The van der Waals surface area contributed by atoms with E-state index < -0.39 is 0 Å². The van der Waals surface area contributed by atoms with Gasteiger partial charge in [-0.2, -0.15) is 0 Å². The standard InChI is InChI=1S/C16H24ClNO3/c1-3-19-15-9-12(13(17)10-16(15)20-4-2)14(18)8-11-6-5-7-21-11/h9-11,14H,3-8,18H2,1-2H3. The highest BCUT2D eigenvalue weighted by molar-refractivity contribution is 6.31. The molecule has 1 aromatic rings. The zero-order chi connectivity index (χ0) is 15.2. The third-order valence-corrected chi connectivity index (χ3v) is 3.93. The van der Waals surface area contributed by atoms with Crippen LogP contribution in [0.25, 0.3) is 0 Å². The van der Waals surface area contributed by atoms with Crippen LogP contribution in [-0.4, -0.2) is 25.9 Å². The summed E-state index contributed by atoms with van der Waals surface area (Å²) in [5.41, 5.74) is 7.19. The third kappa shape index (κ3) is 4.25. The summed E-state index contributed by atoms with van der Waals surface area (Å²) in [6.45, 7) is 5.84. The molecule has 2 rings (SSSR count). The lowest BCUT2D eigenvalue weighted by atomic mass is 9.99. The lowest BCUT2D eigenvalue weighted by Gasteiger charge is -2.20. The van der Waals surface area contributed by atoms with Crippen molar-refractivity contribution >= 4 is 11.6 Å². The highest BCUT2D eigenvalue weighted by Crippen LogP contribution is 2.37. The van der Waals surface area contributed by atoms with Gasteiger partial charge < -0.3 is 19.9 Å². The number of benzene rings is 1. The van der Waals surface area contributed by atoms with Gasteiger partial charge in [-0.25, -0.2) is 0 Å². The summed E-state index contributed by atoms with van der Waals surface area (Å²) in [5, 5.41) is 0.618. The number of hydrogen-bond acceptors (Lipinski definition) is 4. The molecule has 0 aromatic heterocycles. The molecular formula is C16H24ClNO3. The molecule has 2 unspecified atom stereocenters. The van der Waals surface area contributed by atoms with E-state index in [1.54, 1.807) is 6.07 Å². The van der Waals surface area contributed by atoms with Gasteiger partial charge in [0.1, 0.15) is 0 Å². The molecule has 0 amide bonds. The monoisotopic (exact) mass is 313 g/mol. The average molecular weight is 314 g/mol. The molecule has 0 radical (unpaired) electrons. The molecule has 2 N–H and O–H groups in total. The molecule has 0 spiro atoms. The second-order valence-electron chi connectivity index (χ2n) is 5.16. The van der Waals surface area contributed by atoms with Crippen LogP contribution in [0.1, 0.15) is 44.7 Å². The minimum atomic E-state index is -0.157. The molecule has 2 atom stereocenters. The summed E-state index contributed by atoms with van der Waals surface area (Å²) in [4.78, 5) is 0. The summed E-state index contributed by atoms with van der Waals surface area (Å²) < 4.78 is 16.8. The molecule has 118 valence electrons. The highest BCUT2D eigenvalue weighted by atomic mass is 35.5. The van der Waals surface area contributed by atoms with Crippen molar-refractivity contribution in [2.75, 3.05) is 19.8 Å². The average Bonchev–Trinajstić information content (AvgIpc) is 2.95. The summed E-state index contributed by atoms with van der Waals surface area (Å²) >= 11 is 6.36. The molecule has 0 saturated carbocycles. The van der Waals surface area contributed by atoms with Gasteiger partial charge in [0.2, 0.25) is 0 Å². The van der Waals surface area contributed by atoms with Gasteiger partial charge in [-0.3, -0.25) is 0 Å². The summed E-state index contributed by atoms with van der Waals surface area (Å²) in [6.07, 6.45) is 3.19. The van der Waals surface area contributed by atoms with Crippen molar-refractivity contribution in [1.82, 2.24) is 0 Å². The molecule has 1 aromatic carbocycles. The molecule has 1 aliphatic heterocycles. The van der Waals surface area contributed by atoms with E-state index in [1.165, 1.54) is 0 Å². The molecule has 1 heterocycles. The van der Waals surface area contributed by atoms with Gasteiger partial charge in [0.05, 0.1) is 19.3 Å². The van der Waals surface area contributed by atoms with Crippen molar-refractivity contribution < 1.29 is 14.2 Å². The molecule has 1 aliphatic rings. The maximum absolute atomic E-state index is 6.36. The fourth-order valence-corrected chi connectivity index (χ4v) is 2.91. The van der Waals surface area contributed by atoms with Crippen molar-refractivity contribution in [3.05, 3.63) is 22.7 Å². The van der Waals surface area contributed by atoms with E-state index >= 15 is 0 Å². The largest absolute Gasteiger partial charge is 0.490 e. The van der Waals surface area contributed by atoms with Crippen LogP contribution in [0.4, 0.5) is 0 Å². The molecular weight excluding hydrogens is 290 g/mol. The van der Waals surface area contributed by atoms with E-state index in [0.29, 0.717) is 29.7 Å². The first kappa shape index (κ1) is 16.4. The van der Waals surface area contributed by atoms with Gasteiger partial charge in [0.15, 0.2) is 11.5 Å². The van der Waals surface area contributed by atoms with E-state index in [1.807, 2.05) is 19.9 Å². The van der Waals surface area contributed by atoms with Crippen molar-refractivity contribution in [2.24, 2.45) is 5.73 Å². The van der Waals surface area contributed by atoms with Crippen LogP contribution in [0.5, 0.6) is 11.5 Å². The first-order chi connectivity index (χ1) is 10.2. The Labute approximate surface area is 131 Å². The van der Waals surface area contributed by atoms with Crippen LogP contribution < -0.4 is 15.2 Å². The summed E-state index contributed by atoms with van der Waals surface area (Å²) in [6, 6.07) is 3.53. The zero-order valence-electron chi connectivity index (χ0n) is 12.7. The lowest BCUT2D eigenvalue weighted by molar-refractivity contribution is 0.0983. The Hall–Kier alpha value is -0.970. The van der Waals surface area contributed by atoms with Crippen LogP contribution in [0.2, 0.25) is 5.02 Å². The smallest absolute Gasteiger partial charge is 0.162 e.